The van der Waals surface area contributed by atoms with E-state index in [1.165, 1.54) is 0 Å². The number of amides is 1. The zero-order chi connectivity index (χ0) is 22.8. The van der Waals surface area contributed by atoms with Crippen LogP contribution in [0.15, 0.2) is 77.9 Å². The number of aliphatic hydroxyl groups is 1. The molecule has 0 bridgehead atoms. The highest BCUT2D eigenvalue weighted by molar-refractivity contribution is 5.83. The minimum absolute atomic E-state index is 0.0923. The number of carbonyl (C=O) groups excluding carboxylic acids is 1. The molecular formula is C25H24N4O3. The maximum Gasteiger partial charge on any atom is 0.277 e. The quantitative estimate of drug-likeness (QED) is 0.403. The minimum atomic E-state index is -0.364. The van der Waals surface area contributed by atoms with Gasteiger partial charge in [-0.25, -0.2) is 5.43 Å². The number of likely N-dealkylation sites (N-methyl/N-ethyl adjacent to an activating group) is 1. The highest BCUT2D eigenvalue weighted by Gasteiger charge is 2.03. The summed E-state index contributed by atoms with van der Waals surface area (Å²) in [7, 11) is 1.90. The summed E-state index contributed by atoms with van der Waals surface area (Å²) in [6.07, 6.45) is 1.56. The van der Waals surface area contributed by atoms with E-state index in [2.05, 4.69) is 16.6 Å². The number of aliphatic hydroxyl groups excluding tert-OH is 1. The van der Waals surface area contributed by atoms with E-state index in [0.29, 0.717) is 17.9 Å². The van der Waals surface area contributed by atoms with E-state index < -0.39 is 0 Å². The van der Waals surface area contributed by atoms with Crippen LogP contribution in [-0.2, 0) is 4.79 Å². The van der Waals surface area contributed by atoms with Gasteiger partial charge >= 0.3 is 0 Å². The predicted octanol–water partition coefficient (Wildman–Crippen LogP) is 3.18. The Morgan fingerprint density at radius 1 is 1.06 bits per heavy atom. The topological polar surface area (TPSA) is 98.0 Å². The van der Waals surface area contributed by atoms with Crippen molar-refractivity contribution < 1.29 is 14.6 Å². The zero-order valence-corrected chi connectivity index (χ0v) is 17.7. The number of ether oxygens (including phenoxy) is 1. The first-order chi connectivity index (χ1) is 15.6. The number of nitriles is 1. The third kappa shape index (κ3) is 6.42. The van der Waals surface area contributed by atoms with Crippen molar-refractivity contribution in [2.24, 2.45) is 5.10 Å². The molecule has 7 nitrogen and oxygen atoms in total. The molecule has 0 atom stereocenters. The highest BCUT2D eigenvalue weighted by Crippen LogP contribution is 2.22. The summed E-state index contributed by atoms with van der Waals surface area (Å²) in [6, 6.07) is 24.4. The lowest BCUT2D eigenvalue weighted by atomic mass is 10.0. The number of rotatable bonds is 9. The molecule has 2 N–H and O–H groups in total. The van der Waals surface area contributed by atoms with E-state index in [1.54, 1.807) is 30.5 Å². The normalized spacial score (nSPS) is 10.5. The molecule has 1 amide bonds. The van der Waals surface area contributed by atoms with Gasteiger partial charge in [-0.05, 0) is 53.1 Å². The standard InChI is InChI=1S/C25H24N4O3/c1-29(14-15-30)23-10-4-20(5-11-23)17-27-28-25(31)18-32-24-12-8-22(9-13-24)21-6-2-19(16-26)3-7-21/h2-13,17,30H,14-15,18H2,1H3,(H,28,31)/b27-17+. The van der Waals surface area contributed by atoms with Crippen molar-refractivity contribution in [1.82, 2.24) is 5.43 Å². The van der Waals surface area contributed by atoms with Crippen LogP contribution in [0.1, 0.15) is 11.1 Å². The second-order valence-corrected chi connectivity index (χ2v) is 7.03. The van der Waals surface area contributed by atoms with Gasteiger partial charge in [0, 0.05) is 19.3 Å². The SMILES string of the molecule is CN(CCO)c1ccc(/C=N/NC(=O)COc2ccc(-c3ccc(C#N)cc3)cc2)cc1. The molecule has 0 fully saturated rings. The zero-order valence-electron chi connectivity index (χ0n) is 17.7. The van der Waals surface area contributed by atoms with Gasteiger partial charge in [0.05, 0.1) is 24.5 Å². The van der Waals surface area contributed by atoms with Gasteiger partial charge in [-0.3, -0.25) is 4.79 Å². The van der Waals surface area contributed by atoms with Crippen LogP contribution in [-0.4, -0.2) is 44.0 Å². The average molecular weight is 428 g/mol. The molecule has 0 heterocycles. The smallest absolute Gasteiger partial charge is 0.277 e. The Balaban J connectivity index is 1.45. The summed E-state index contributed by atoms with van der Waals surface area (Å²) in [5.74, 6) is 0.209. The number of hydrogen-bond donors (Lipinski definition) is 2. The number of nitrogens with zero attached hydrogens (tertiary/aromatic N) is 3. The minimum Gasteiger partial charge on any atom is -0.484 e. The van der Waals surface area contributed by atoms with E-state index in [-0.39, 0.29) is 19.1 Å². The van der Waals surface area contributed by atoms with Crippen molar-refractivity contribution in [3.63, 3.8) is 0 Å². The lowest BCUT2D eigenvalue weighted by Crippen LogP contribution is -2.24. The predicted molar refractivity (Wildman–Crippen MR) is 125 cm³/mol. The summed E-state index contributed by atoms with van der Waals surface area (Å²) in [5.41, 5.74) is 6.87. The van der Waals surface area contributed by atoms with Crippen LogP contribution in [0.2, 0.25) is 0 Å². The summed E-state index contributed by atoms with van der Waals surface area (Å²) in [5, 5.41) is 21.8. The molecule has 3 rings (SSSR count). The van der Waals surface area contributed by atoms with Crippen molar-refractivity contribution >= 4 is 17.8 Å². The monoisotopic (exact) mass is 428 g/mol. The molecular weight excluding hydrogens is 404 g/mol. The summed E-state index contributed by atoms with van der Waals surface area (Å²) in [6.45, 7) is 0.495. The number of benzene rings is 3. The molecule has 0 aliphatic heterocycles. The number of carbonyl (C=O) groups is 1. The summed E-state index contributed by atoms with van der Waals surface area (Å²) in [4.78, 5) is 13.9. The molecule has 7 heteroatoms. The number of hydrazone groups is 1. The molecule has 0 saturated heterocycles. The summed E-state index contributed by atoms with van der Waals surface area (Å²) < 4.78 is 5.51. The van der Waals surface area contributed by atoms with Crippen LogP contribution in [0, 0.1) is 11.3 Å². The third-order valence-corrected chi connectivity index (χ3v) is 4.74. The number of nitrogens with one attached hydrogen (secondary N) is 1. The Morgan fingerprint density at radius 2 is 1.69 bits per heavy atom. The number of anilines is 1. The van der Waals surface area contributed by atoms with Crippen LogP contribution >= 0.6 is 0 Å². The first-order valence-electron chi connectivity index (χ1n) is 10.1. The van der Waals surface area contributed by atoms with Gasteiger partial charge in [-0.1, -0.05) is 36.4 Å². The van der Waals surface area contributed by atoms with E-state index in [0.717, 1.165) is 22.4 Å². The molecule has 162 valence electrons. The molecule has 0 aliphatic rings. The molecule has 0 aliphatic carbocycles. The van der Waals surface area contributed by atoms with Crippen molar-refractivity contribution in [1.29, 1.82) is 5.26 Å². The third-order valence-electron chi connectivity index (χ3n) is 4.74. The molecule has 0 aromatic heterocycles. The fourth-order valence-corrected chi connectivity index (χ4v) is 2.93. The molecule has 0 radical (unpaired) electrons. The van der Waals surface area contributed by atoms with Gasteiger partial charge in [-0.2, -0.15) is 10.4 Å². The molecule has 3 aromatic carbocycles. The Kier molecular flexibility index (Phi) is 7.96. The van der Waals surface area contributed by atoms with Crippen molar-refractivity contribution in [3.8, 4) is 22.9 Å². The average Bonchev–Trinajstić information content (AvgIpc) is 2.84. The van der Waals surface area contributed by atoms with Crippen LogP contribution in [0.3, 0.4) is 0 Å². The fourth-order valence-electron chi connectivity index (χ4n) is 2.93. The van der Waals surface area contributed by atoms with E-state index in [4.69, 9.17) is 15.1 Å². The lowest BCUT2D eigenvalue weighted by Gasteiger charge is -2.17. The van der Waals surface area contributed by atoms with Gasteiger partial charge < -0.3 is 14.7 Å². The Morgan fingerprint density at radius 3 is 2.28 bits per heavy atom. The second-order valence-electron chi connectivity index (χ2n) is 7.03. The van der Waals surface area contributed by atoms with E-state index in [1.807, 2.05) is 60.5 Å². The largest absolute Gasteiger partial charge is 0.484 e. The maximum absolute atomic E-state index is 12.0. The molecule has 0 unspecified atom stereocenters. The first kappa shape index (κ1) is 22.5. The van der Waals surface area contributed by atoms with Gasteiger partial charge in [0.15, 0.2) is 6.61 Å². The van der Waals surface area contributed by atoms with Crippen LogP contribution in [0.25, 0.3) is 11.1 Å². The Hall–Kier alpha value is -4.15. The molecule has 32 heavy (non-hydrogen) atoms. The van der Waals surface area contributed by atoms with Crippen molar-refractivity contribution in [2.75, 3.05) is 31.7 Å². The lowest BCUT2D eigenvalue weighted by molar-refractivity contribution is -0.123. The maximum atomic E-state index is 12.0. The first-order valence-corrected chi connectivity index (χ1v) is 10.1. The molecule has 0 saturated carbocycles. The molecule has 0 spiro atoms. The fraction of sp³-hybridized carbons (Fsp3) is 0.160. The van der Waals surface area contributed by atoms with Gasteiger partial charge in [0.25, 0.3) is 5.91 Å². The van der Waals surface area contributed by atoms with E-state index in [9.17, 15) is 4.79 Å². The number of hydrogen-bond acceptors (Lipinski definition) is 6. The Bertz CT molecular complexity index is 1090. The van der Waals surface area contributed by atoms with Crippen LogP contribution in [0.4, 0.5) is 5.69 Å². The summed E-state index contributed by atoms with van der Waals surface area (Å²) >= 11 is 0. The van der Waals surface area contributed by atoms with E-state index >= 15 is 0 Å². The Labute approximate surface area is 187 Å². The van der Waals surface area contributed by atoms with Crippen LogP contribution in [0.5, 0.6) is 5.75 Å². The second kappa shape index (κ2) is 11.3. The molecule has 3 aromatic rings. The highest BCUT2D eigenvalue weighted by atomic mass is 16.5. The van der Waals surface area contributed by atoms with Crippen molar-refractivity contribution in [3.05, 3.63) is 83.9 Å². The van der Waals surface area contributed by atoms with Gasteiger partial charge in [0.2, 0.25) is 0 Å². The van der Waals surface area contributed by atoms with Crippen LogP contribution < -0.4 is 15.1 Å². The van der Waals surface area contributed by atoms with Gasteiger partial charge in [0.1, 0.15) is 5.75 Å². The van der Waals surface area contributed by atoms with Gasteiger partial charge in [-0.15, -0.1) is 0 Å². The van der Waals surface area contributed by atoms with Crippen molar-refractivity contribution in [2.45, 2.75) is 0 Å².